The van der Waals surface area contributed by atoms with Crippen molar-refractivity contribution in [1.82, 2.24) is 0 Å². The van der Waals surface area contributed by atoms with Gasteiger partial charge in [-0.3, -0.25) is 0 Å². The van der Waals surface area contributed by atoms with E-state index in [1.165, 1.54) is 24.8 Å². The summed E-state index contributed by atoms with van der Waals surface area (Å²) in [6.45, 7) is 5.59. The van der Waals surface area contributed by atoms with Crippen LogP contribution in [0.1, 0.15) is 46.0 Å². The number of hydrogen-bond acceptors (Lipinski definition) is 2. The summed E-state index contributed by atoms with van der Waals surface area (Å²) in [6.07, 6.45) is 13.4. The maximum Gasteiger partial charge on any atom is 0.170 e. The summed E-state index contributed by atoms with van der Waals surface area (Å²) in [4.78, 5) is 0. The molecule has 0 N–H and O–H groups in total. The van der Waals surface area contributed by atoms with Gasteiger partial charge in [-0.2, -0.15) is 0 Å². The first-order valence-corrected chi connectivity index (χ1v) is 9.33. The first-order valence-electron chi connectivity index (χ1n) is 8.08. The molecule has 2 fully saturated rings. The second-order valence-electron chi connectivity index (χ2n) is 7.18. The fourth-order valence-corrected chi connectivity index (χ4v) is 4.93. The molecule has 1 aliphatic heterocycles. The quantitative estimate of drug-likeness (QED) is 0.303. The van der Waals surface area contributed by atoms with Crippen LogP contribution in [0.5, 0.6) is 0 Å². The zero-order valence-corrected chi connectivity index (χ0v) is 15.1. The van der Waals surface area contributed by atoms with Crippen molar-refractivity contribution in [3.63, 3.8) is 0 Å². The van der Waals surface area contributed by atoms with Crippen molar-refractivity contribution in [2.24, 2.45) is 17.3 Å². The van der Waals surface area contributed by atoms with Gasteiger partial charge in [0.25, 0.3) is 0 Å². The Kier molecular flexibility index (Phi) is 4.69. The summed E-state index contributed by atoms with van der Waals surface area (Å²) in [6, 6.07) is 0. The minimum atomic E-state index is -0.0977. The molecule has 21 heavy (non-hydrogen) atoms. The standard InChI is InChI=1S/C18H25IO2/c1-4-6-16(21-17-15(19)7-5-10-20-17)13-9-8-12-11-14(13)18(12,2)3/h1,9,12,14-17H,5-8,10-11H2,2-3H3/t12-,14+,15+,16-,17-/m0/s1. The number of halogens is 1. The Morgan fingerprint density at radius 2 is 2.38 bits per heavy atom. The van der Waals surface area contributed by atoms with E-state index >= 15 is 0 Å². The van der Waals surface area contributed by atoms with Crippen molar-refractivity contribution < 1.29 is 9.47 Å². The highest BCUT2D eigenvalue weighted by molar-refractivity contribution is 14.1. The summed E-state index contributed by atoms with van der Waals surface area (Å²) in [5, 5.41) is 0. The maximum absolute atomic E-state index is 6.33. The molecule has 0 aromatic heterocycles. The van der Waals surface area contributed by atoms with Gasteiger partial charge in [0.2, 0.25) is 0 Å². The summed E-state index contributed by atoms with van der Waals surface area (Å²) in [5.74, 6) is 4.30. The van der Waals surface area contributed by atoms with Gasteiger partial charge >= 0.3 is 0 Å². The van der Waals surface area contributed by atoms with E-state index in [0.29, 0.717) is 21.7 Å². The predicted octanol–water partition coefficient (Wildman–Crippen LogP) is 4.33. The monoisotopic (exact) mass is 400 g/mol. The molecule has 3 heteroatoms. The lowest BCUT2D eigenvalue weighted by Gasteiger charge is -2.57. The van der Waals surface area contributed by atoms with E-state index in [1.54, 1.807) is 0 Å². The van der Waals surface area contributed by atoms with Gasteiger partial charge in [0.1, 0.15) is 0 Å². The zero-order chi connectivity index (χ0) is 15.0. The molecule has 4 aliphatic rings. The van der Waals surface area contributed by atoms with Gasteiger partial charge in [-0.1, -0.05) is 42.5 Å². The van der Waals surface area contributed by atoms with Crippen molar-refractivity contribution in [2.75, 3.05) is 6.61 Å². The zero-order valence-electron chi connectivity index (χ0n) is 13.0. The first-order chi connectivity index (χ1) is 10.0. The summed E-state index contributed by atoms with van der Waals surface area (Å²) >= 11 is 2.45. The number of terminal acetylenes is 1. The second-order valence-corrected chi connectivity index (χ2v) is 8.78. The van der Waals surface area contributed by atoms with Crippen molar-refractivity contribution in [2.45, 2.75) is 62.3 Å². The second kappa shape index (κ2) is 6.22. The van der Waals surface area contributed by atoms with Crippen molar-refractivity contribution in [1.29, 1.82) is 0 Å². The van der Waals surface area contributed by atoms with Crippen LogP contribution in [0.2, 0.25) is 0 Å². The van der Waals surface area contributed by atoms with Crippen molar-refractivity contribution in [3.8, 4) is 12.3 Å². The summed E-state index contributed by atoms with van der Waals surface area (Å²) in [5.41, 5.74) is 1.86. The third kappa shape index (κ3) is 2.92. The molecular formula is C18H25IO2. The Morgan fingerprint density at radius 1 is 1.57 bits per heavy atom. The number of ether oxygens (including phenoxy) is 2. The van der Waals surface area contributed by atoms with Crippen LogP contribution in [0.3, 0.4) is 0 Å². The number of fused-ring (bicyclic) bond motifs is 1. The Labute approximate surface area is 142 Å². The molecule has 0 spiro atoms. The minimum absolute atomic E-state index is 0.0425. The molecule has 1 heterocycles. The van der Waals surface area contributed by atoms with E-state index in [9.17, 15) is 0 Å². The molecule has 0 amide bonds. The van der Waals surface area contributed by atoms with Gasteiger partial charge in [0.05, 0.1) is 10.0 Å². The molecule has 0 radical (unpaired) electrons. The van der Waals surface area contributed by atoms with E-state index in [0.717, 1.165) is 18.9 Å². The minimum Gasteiger partial charge on any atom is -0.352 e. The van der Waals surface area contributed by atoms with Crippen LogP contribution in [0.4, 0.5) is 0 Å². The van der Waals surface area contributed by atoms with E-state index < -0.39 is 0 Å². The molecule has 3 aliphatic carbocycles. The van der Waals surface area contributed by atoms with Gasteiger partial charge in [-0.05, 0) is 48.5 Å². The average molecular weight is 400 g/mol. The number of rotatable bonds is 4. The lowest BCUT2D eigenvalue weighted by Crippen LogP contribution is -2.51. The van der Waals surface area contributed by atoms with Crippen LogP contribution >= 0.6 is 22.6 Å². The van der Waals surface area contributed by atoms with Crippen LogP contribution in [0.15, 0.2) is 11.6 Å². The van der Waals surface area contributed by atoms with Gasteiger partial charge in [0, 0.05) is 13.0 Å². The molecule has 0 aromatic rings. The molecular weight excluding hydrogens is 375 g/mol. The molecule has 1 saturated carbocycles. The van der Waals surface area contributed by atoms with Crippen LogP contribution in [-0.4, -0.2) is 22.9 Å². The smallest absolute Gasteiger partial charge is 0.170 e. The molecule has 5 atom stereocenters. The van der Waals surface area contributed by atoms with Crippen molar-refractivity contribution in [3.05, 3.63) is 11.6 Å². The van der Waals surface area contributed by atoms with Crippen LogP contribution in [0, 0.1) is 29.6 Å². The Hall–Kier alpha value is -0.0500. The molecule has 2 nitrogen and oxygen atoms in total. The molecule has 4 rings (SSSR count). The van der Waals surface area contributed by atoms with E-state index in [2.05, 4.69) is 48.4 Å². The number of hydrogen-bond donors (Lipinski definition) is 0. The van der Waals surface area contributed by atoms with E-state index in [4.69, 9.17) is 15.9 Å². The SMILES string of the molecule is C#CC[C@H](O[C@@H]1OCCC[C@H]1I)C1=CC[C@H]2C[C@H]1C2(C)C. The molecule has 0 unspecified atom stereocenters. The third-order valence-electron chi connectivity index (χ3n) is 5.69. The highest BCUT2D eigenvalue weighted by Crippen LogP contribution is 2.60. The summed E-state index contributed by atoms with van der Waals surface area (Å²) in [7, 11) is 0. The fourth-order valence-electron chi connectivity index (χ4n) is 4.11. The van der Waals surface area contributed by atoms with Gasteiger partial charge in [0.15, 0.2) is 6.29 Å². The van der Waals surface area contributed by atoms with Gasteiger partial charge in [-0.25, -0.2) is 0 Å². The highest BCUT2D eigenvalue weighted by atomic mass is 127. The average Bonchev–Trinajstić information content (AvgIpc) is 2.48. The third-order valence-corrected chi connectivity index (χ3v) is 6.90. The number of allylic oxidation sites excluding steroid dienone is 1. The van der Waals surface area contributed by atoms with E-state index in [-0.39, 0.29) is 12.4 Å². The Bertz CT molecular complexity index is 462. The van der Waals surface area contributed by atoms with Gasteiger partial charge in [-0.15, -0.1) is 12.3 Å². The molecule has 1 saturated heterocycles. The number of alkyl halides is 1. The molecule has 0 aromatic carbocycles. The van der Waals surface area contributed by atoms with Crippen LogP contribution in [0.25, 0.3) is 0 Å². The normalized spacial score (nSPS) is 38.9. The maximum atomic E-state index is 6.33. The summed E-state index contributed by atoms with van der Waals surface area (Å²) < 4.78 is 12.6. The first kappa shape index (κ1) is 15.8. The van der Waals surface area contributed by atoms with Gasteiger partial charge < -0.3 is 9.47 Å². The predicted molar refractivity (Wildman–Crippen MR) is 93.2 cm³/mol. The topological polar surface area (TPSA) is 18.5 Å². The fraction of sp³-hybridized carbons (Fsp3) is 0.778. The largest absolute Gasteiger partial charge is 0.352 e. The Morgan fingerprint density at radius 3 is 3.00 bits per heavy atom. The van der Waals surface area contributed by atoms with Crippen LogP contribution in [-0.2, 0) is 9.47 Å². The lowest BCUT2D eigenvalue weighted by molar-refractivity contribution is -0.178. The molecule has 116 valence electrons. The Balaban J connectivity index is 1.73. The van der Waals surface area contributed by atoms with E-state index in [1.807, 2.05) is 0 Å². The highest BCUT2D eigenvalue weighted by Gasteiger charge is 2.52. The van der Waals surface area contributed by atoms with Crippen molar-refractivity contribution >= 4 is 22.6 Å². The lowest BCUT2D eigenvalue weighted by atomic mass is 9.48. The molecule has 2 bridgehead atoms. The van der Waals surface area contributed by atoms with Crippen LogP contribution < -0.4 is 0 Å².